The van der Waals surface area contributed by atoms with Gasteiger partial charge in [0.25, 0.3) is 0 Å². The van der Waals surface area contributed by atoms with E-state index in [1.54, 1.807) is 23.1 Å². The number of rotatable bonds is 1. The molecule has 62 valence electrons. The molecule has 0 amide bonds. The first-order valence-electron chi connectivity index (χ1n) is 3.64. The van der Waals surface area contributed by atoms with Crippen LogP contribution in [0.5, 0.6) is 0 Å². The number of anilines is 1. The molecule has 0 aliphatic rings. The Labute approximate surface area is 79.6 Å². The first-order valence-corrected chi connectivity index (χ1v) is 5.68. The fraction of sp³-hybridized carbons (Fsp3) is 0.111. The van der Waals surface area contributed by atoms with Crippen molar-refractivity contribution < 1.29 is 0 Å². The van der Waals surface area contributed by atoms with Crippen LogP contribution in [0.2, 0.25) is 0 Å². The molecule has 0 aliphatic carbocycles. The second kappa shape index (κ2) is 2.99. The third kappa shape index (κ3) is 1.09. The smallest absolute Gasteiger partial charge is 0.0838 e. The summed E-state index contributed by atoms with van der Waals surface area (Å²) in [5, 5.41) is 1.19. The third-order valence-electron chi connectivity index (χ3n) is 1.79. The summed E-state index contributed by atoms with van der Waals surface area (Å²) in [7, 11) is 0. The number of fused-ring (bicyclic) bond motifs is 1. The van der Waals surface area contributed by atoms with Gasteiger partial charge in [-0.1, -0.05) is 18.2 Å². The Morgan fingerprint density at radius 2 is 2.08 bits per heavy atom. The van der Waals surface area contributed by atoms with Gasteiger partial charge in [0.15, 0.2) is 0 Å². The van der Waals surface area contributed by atoms with Crippen molar-refractivity contribution in [3.8, 4) is 0 Å². The molecule has 0 bridgehead atoms. The van der Waals surface area contributed by atoms with Gasteiger partial charge in [-0.2, -0.15) is 0 Å². The topological polar surface area (TPSA) is 26.0 Å². The molecule has 12 heavy (non-hydrogen) atoms. The number of thiophene rings is 1. The Balaban J connectivity index is 2.78. The molecule has 1 nitrogen and oxygen atoms in total. The Kier molecular flexibility index (Phi) is 1.98. The highest BCUT2D eigenvalue weighted by Crippen LogP contribution is 2.38. The predicted molar refractivity (Wildman–Crippen MR) is 58.0 cm³/mol. The highest BCUT2D eigenvalue weighted by Gasteiger charge is 2.06. The van der Waals surface area contributed by atoms with Crippen LogP contribution >= 0.6 is 23.1 Å². The molecule has 1 aromatic carbocycles. The van der Waals surface area contributed by atoms with E-state index in [1.165, 1.54) is 14.3 Å². The predicted octanol–water partition coefficient (Wildman–Crippen LogP) is 3.21. The zero-order valence-electron chi connectivity index (χ0n) is 6.70. The standard InChI is InChI=1S/C9H9NS2/c1-11-9-8(10)6-4-2-3-5-7(6)12-9/h2-5H,10H2,1H3. The van der Waals surface area contributed by atoms with E-state index in [1.807, 2.05) is 12.1 Å². The maximum absolute atomic E-state index is 5.94. The van der Waals surface area contributed by atoms with E-state index in [-0.39, 0.29) is 0 Å². The third-order valence-corrected chi connectivity index (χ3v) is 4.11. The molecule has 2 N–H and O–H groups in total. The molecule has 0 unspecified atom stereocenters. The molecule has 0 saturated heterocycles. The van der Waals surface area contributed by atoms with Gasteiger partial charge in [0.2, 0.25) is 0 Å². The van der Waals surface area contributed by atoms with Crippen LogP contribution in [-0.4, -0.2) is 6.26 Å². The molecule has 3 heteroatoms. The average Bonchev–Trinajstić information content (AvgIpc) is 2.44. The van der Waals surface area contributed by atoms with Crippen molar-refractivity contribution in [1.82, 2.24) is 0 Å². The highest BCUT2D eigenvalue weighted by molar-refractivity contribution is 8.00. The Bertz CT molecular complexity index is 406. The lowest BCUT2D eigenvalue weighted by molar-refractivity contribution is 1.72. The Morgan fingerprint density at radius 3 is 2.75 bits per heavy atom. The molecular weight excluding hydrogens is 186 g/mol. The van der Waals surface area contributed by atoms with Crippen molar-refractivity contribution >= 4 is 38.9 Å². The van der Waals surface area contributed by atoms with Crippen LogP contribution < -0.4 is 5.73 Å². The summed E-state index contributed by atoms with van der Waals surface area (Å²) in [5.41, 5.74) is 6.87. The molecule has 0 saturated carbocycles. The minimum absolute atomic E-state index is 0.933. The quantitative estimate of drug-likeness (QED) is 0.707. The monoisotopic (exact) mass is 195 g/mol. The second-order valence-corrected chi connectivity index (χ2v) is 4.63. The number of thioether (sulfide) groups is 1. The molecule has 2 aromatic rings. The lowest BCUT2D eigenvalue weighted by atomic mass is 10.2. The van der Waals surface area contributed by atoms with Gasteiger partial charge in [-0.05, 0) is 12.3 Å². The second-order valence-electron chi connectivity index (χ2n) is 2.50. The molecule has 0 fully saturated rings. The Morgan fingerprint density at radius 1 is 1.33 bits per heavy atom. The summed E-state index contributed by atoms with van der Waals surface area (Å²) < 4.78 is 2.50. The van der Waals surface area contributed by atoms with Gasteiger partial charge >= 0.3 is 0 Å². The molecule has 1 heterocycles. The number of nitrogen functional groups attached to an aromatic ring is 1. The molecular formula is C9H9NS2. The van der Waals surface area contributed by atoms with Crippen LogP contribution in [0.4, 0.5) is 5.69 Å². The number of hydrogen-bond donors (Lipinski definition) is 1. The van der Waals surface area contributed by atoms with Crippen molar-refractivity contribution in [2.45, 2.75) is 4.21 Å². The maximum atomic E-state index is 5.94. The van der Waals surface area contributed by atoms with E-state index in [0.717, 1.165) is 5.69 Å². The van der Waals surface area contributed by atoms with Gasteiger partial charge in [-0.15, -0.1) is 23.1 Å². The number of benzene rings is 1. The van der Waals surface area contributed by atoms with E-state index in [0.29, 0.717) is 0 Å². The van der Waals surface area contributed by atoms with Crippen LogP contribution in [0.1, 0.15) is 0 Å². The van der Waals surface area contributed by atoms with Crippen LogP contribution in [0.3, 0.4) is 0 Å². The molecule has 0 atom stereocenters. The lowest BCUT2D eigenvalue weighted by Gasteiger charge is -1.91. The largest absolute Gasteiger partial charge is 0.397 e. The summed E-state index contributed by atoms with van der Waals surface area (Å²) in [6, 6.07) is 8.24. The van der Waals surface area contributed by atoms with E-state index in [9.17, 15) is 0 Å². The molecule has 0 spiro atoms. The van der Waals surface area contributed by atoms with Crippen molar-refractivity contribution in [2.75, 3.05) is 12.0 Å². The Hall–Kier alpha value is -0.670. The minimum atomic E-state index is 0.933. The van der Waals surface area contributed by atoms with Crippen LogP contribution in [0.25, 0.3) is 10.1 Å². The van der Waals surface area contributed by atoms with Crippen molar-refractivity contribution in [1.29, 1.82) is 0 Å². The fourth-order valence-electron chi connectivity index (χ4n) is 1.19. The van der Waals surface area contributed by atoms with Gasteiger partial charge in [0, 0.05) is 10.1 Å². The summed E-state index contributed by atoms with van der Waals surface area (Å²) >= 11 is 3.48. The van der Waals surface area contributed by atoms with Crippen LogP contribution in [0.15, 0.2) is 28.5 Å². The van der Waals surface area contributed by atoms with E-state index in [4.69, 9.17) is 5.73 Å². The van der Waals surface area contributed by atoms with Gasteiger partial charge in [0.1, 0.15) is 0 Å². The summed E-state index contributed by atoms with van der Waals surface area (Å²) in [4.78, 5) is 0. The lowest BCUT2D eigenvalue weighted by Crippen LogP contribution is -1.82. The highest BCUT2D eigenvalue weighted by atomic mass is 32.2. The zero-order chi connectivity index (χ0) is 8.55. The SMILES string of the molecule is CSc1sc2ccccc2c1N. The minimum Gasteiger partial charge on any atom is -0.397 e. The number of nitrogens with two attached hydrogens (primary N) is 1. The first-order chi connectivity index (χ1) is 5.83. The van der Waals surface area contributed by atoms with Gasteiger partial charge in [0.05, 0.1) is 9.90 Å². The van der Waals surface area contributed by atoms with Crippen molar-refractivity contribution in [3.05, 3.63) is 24.3 Å². The summed E-state index contributed by atoms with van der Waals surface area (Å²) in [5.74, 6) is 0. The van der Waals surface area contributed by atoms with E-state index in [2.05, 4.69) is 18.4 Å². The molecule has 1 aromatic heterocycles. The normalized spacial score (nSPS) is 10.8. The van der Waals surface area contributed by atoms with E-state index >= 15 is 0 Å². The average molecular weight is 195 g/mol. The maximum Gasteiger partial charge on any atom is 0.0838 e. The molecule has 0 radical (unpaired) electrons. The summed E-state index contributed by atoms with van der Waals surface area (Å²) in [6.45, 7) is 0. The van der Waals surface area contributed by atoms with Gasteiger partial charge < -0.3 is 5.73 Å². The van der Waals surface area contributed by atoms with E-state index < -0.39 is 0 Å². The summed E-state index contributed by atoms with van der Waals surface area (Å²) in [6.07, 6.45) is 2.06. The fourth-order valence-corrected chi connectivity index (χ4v) is 2.98. The van der Waals surface area contributed by atoms with Crippen LogP contribution in [-0.2, 0) is 0 Å². The molecule has 2 rings (SSSR count). The van der Waals surface area contributed by atoms with Gasteiger partial charge in [-0.3, -0.25) is 0 Å². The first kappa shape index (κ1) is 7.95. The van der Waals surface area contributed by atoms with Gasteiger partial charge in [-0.25, -0.2) is 0 Å². The van der Waals surface area contributed by atoms with Crippen molar-refractivity contribution in [3.63, 3.8) is 0 Å². The van der Waals surface area contributed by atoms with Crippen molar-refractivity contribution in [2.24, 2.45) is 0 Å². The zero-order valence-corrected chi connectivity index (χ0v) is 8.34. The molecule has 0 aliphatic heterocycles. The number of hydrogen-bond acceptors (Lipinski definition) is 3. The van der Waals surface area contributed by atoms with Crippen LogP contribution in [0, 0.1) is 0 Å².